The van der Waals surface area contributed by atoms with E-state index >= 15 is 0 Å². The Labute approximate surface area is 123 Å². The van der Waals surface area contributed by atoms with Crippen LogP contribution in [-0.2, 0) is 12.7 Å². The third-order valence-electron chi connectivity index (χ3n) is 3.05. The number of rotatable bonds is 3. The lowest BCUT2D eigenvalue weighted by Crippen LogP contribution is -2.05. The molecule has 0 bridgehead atoms. The fraction of sp³-hybridized carbons (Fsp3) is 0.231. The SMILES string of the molecule is CCn1nnc2c(Nc3cccc(C(F)(F)F)c3)ncnc21. The van der Waals surface area contributed by atoms with Gasteiger partial charge in [-0.05, 0) is 25.1 Å². The van der Waals surface area contributed by atoms with Crippen molar-refractivity contribution in [3.05, 3.63) is 36.2 Å². The van der Waals surface area contributed by atoms with Gasteiger partial charge in [0.1, 0.15) is 6.33 Å². The summed E-state index contributed by atoms with van der Waals surface area (Å²) in [5, 5.41) is 10.7. The molecule has 3 rings (SSSR count). The van der Waals surface area contributed by atoms with Gasteiger partial charge in [0.05, 0.1) is 5.56 Å². The molecule has 6 nitrogen and oxygen atoms in total. The number of alkyl halides is 3. The summed E-state index contributed by atoms with van der Waals surface area (Å²) in [6, 6.07) is 4.87. The highest BCUT2D eigenvalue weighted by molar-refractivity contribution is 5.84. The standard InChI is InChI=1S/C13H11F3N6/c1-2-22-12-10(20-21-22)11(17-7-18-12)19-9-5-3-4-8(6-9)13(14,15)16/h3-7H,2H2,1H3,(H,17,18,19). The predicted octanol–water partition coefficient (Wildman–Crippen LogP) is 3.00. The second-order valence-corrected chi connectivity index (χ2v) is 4.50. The first kappa shape index (κ1) is 14.2. The maximum absolute atomic E-state index is 12.7. The Morgan fingerprint density at radius 3 is 2.77 bits per heavy atom. The first-order valence-corrected chi connectivity index (χ1v) is 6.47. The molecule has 0 spiro atoms. The van der Waals surface area contributed by atoms with E-state index in [2.05, 4.69) is 25.6 Å². The van der Waals surface area contributed by atoms with Crippen LogP contribution in [0.25, 0.3) is 11.2 Å². The minimum Gasteiger partial charge on any atom is -0.338 e. The Bertz CT molecular complexity index is 811. The normalized spacial score (nSPS) is 11.8. The van der Waals surface area contributed by atoms with Crippen molar-refractivity contribution >= 4 is 22.7 Å². The van der Waals surface area contributed by atoms with E-state index in [9.17, 15) is 13.2 Å². The predicted molar refractivity (Wildman–Crippen MR) is 73.5 cm³/mol. The van der Waals surface area contributed by atoms with Crippen LogP contribution in [-0.4, -0.2) is 25.0 Å². The summed E-state index contributed by atoms with van der Waals surface area (Å²) in [5.41, 5.74) is 0.453. The molecule has 0 amide bonds. The Morgan fingerprint density at radius 2 is 2.05 bits per heavy atom. The van der Waals surface area contributed by atoms with E-state index in [-0.39, 0.29) is 5.69 Å². The molecule has 1 N–H and O–H groups in total. The van der Waals surface area contributed by atoms with Crippen LogP contribution in [0.4, 0.5) is 24.7 Å². The first-order valence-electron chi connectivity index (χ1n) is 6.47. The van der Waals surface area contributed by atoms with Crippen LogP contribution in [0.3, 0.4) is 0 Å². The Morgan fingerprint density at radius 1 is 1.23 bits per heavy atom. The van der Waals surface area contributed by atoms with Gasteiger partial charge >= 0.3 is 6.18 Å². The highest BCUT2D eigenvalue weighted by atomic mass is 19.4. The smallest absolute Gasteiger partial charge is 0.338 e. The molecule has 0 aliphatic heterocycles. The lowest BCUT2D eigenvalue weighted by atomic mass is 10.2. The van der Waals surface area contributed by atoms with Crippen molar-refractivity contribution in [3.63, 3.8) is 0 Å². The van der Waals surface area contributed by atoms with Gasteiger partial charge in [0.2, 0.25) is 0 Å². The number of aromatic nitrogens is 5. The molecule has 0 aliphatic rings. The van der Waals surface area contributed by atoms with E-state index in [0.29, 0.717) is 23.5 Å². The van der Waals surface area contributed by atoms with Gasteiger partial charge in [0.15, 0.2) is 17.0 Å². The molecular formula is C13H11F3N6. The van der Waals surface area contributed by atoms with Gasteiger partial charge in [-0.25, -0.2) is 14.6 Å². The molecule has 0 radical (unpaired) electrons. The number of aryl methyl sites for hydroxylation is 1. The maximum Gasteiger partial charge on any atom is 0.416 e. The van der Waals surface area contributed by atoms with Crippen LogP contribution in [0.1, 0.15) is 12.5 Å². The highest BCUT2D eigenvalue weighted by Gasteiger charge is 2.30. The zero-order valence-electron chi connectivity index (χ0n) is 11.5. The molecule has 9 heteroatoms. The van der Waals surface area contributed by atoms with E-state index in [1.165, 1.54) is 18.5 Å². The van der Waals surface area contributed by atoms with Gasteiger partial charge < -0.3 is 5.32 Å². The third kappa shape index (κ3) is 2.57. The lowest BCUT2D eigenvalue weighted by Gasteiger charge is -2.10. The number of benzene rings is 1. The second-order valence-electron chi connectivity index (χ2n) is 4.50. The van der Waals surface area contributed by atoms with Crippen molar-refractivity contribution in [2.24, 2.45) is 0 Å². The van der Waals surface area contributed by atoms with E-state index < -0.39 is 11.7 Å². The number of nitrogens with zero attached hydrogens (tertiary/aromatic N) is 5. The number of hydrogen-bond donors (Lipinski definition) is 1. The molecule has 0 unspecified atom stereocenters. The average Bonchev–Trinajstić information content (AvgIpc) is 2.91. The minimum absolute atomic E-state index is 0.265. The van der Waals surface area contributed by atoms with Crippen molar-refractivity contribution < 1.29 is 13.2 Å². The first-order chi connectivity index (χ1) is 10.5. The fourth-order valence-electron chi connectivity index (χ4n) is 2.01. The molecule has 2 aromatic heterocycles. The molecule has 0 saturated carbocycles. The van der Waals surface area contributed by atoms with E-state index in [4.69, 9.17) is 0 Å². The van der Waals surface area contributed by atoms with Gasteiger partial charge in [0, 0.05) is 12.2 Å². The van der Waals surface area contributed by atoms with Gasteiger partial charge in [-0.2, -0.15) is 13.2 Å². The third-order valence-corrected chi connectivity index (χ3v) is 3.05. The summed E-state index contributed by atoms with van der Waals surface area (Å²) >= 11 is 0. The zero-order valence-corrected chi connectivity index (χ0v) is 11.5. The summed E-state index contributed by atoms with van der Waals surface area (Å²) in [7, 11) is 0. The Kier molecular flexibility index (Phi) is 3.39. The number of fused-ring (bicyclic) bond motifs is 1. The zero-order chi connectivity index (χ0) is 15.7. The van der Waals surface area contributed by atoms with Crippen molar-refractivity contribution in [2.45, 2.75) is 19.6 Å². The highest BCUT2D eigenvalue weighted by Crippen LogP contribution is 2.31. The van der Waals surface area contributed by atoms with Crippen LogP contribution in [0, 0.1) is 0 Å². The van der Waals surface area contributed by atoms with Gasteiger partial charge in [-0.15, -0.1) is 5.10 Å². The number of halogens is 3. The summed E-state index contributed by atoms with van der Waals surface area (Å²) < 4.78 is 39.8. The molecule has 3 aromatic rings. The Balaban J connectivity index is 1.99. The average molecular weight is 308 g/mol. The molecular weight excluding hydrogens is 297 g/mol. The molecule has 2 heterocycles. The van der Waals surface area contributed by atoms with Crippen molar-refractivity contribution in [1.29, 1.82) is 0 Å². The molecule has 0 aliphatic carbocycles. The number of anilines is 2. The van der Waals surface area contributed by atoms with Crippen LogP contribution in [0.15, 0.2) is 30.6 Å². The van der Waals surface area contributed by atoms with Crippen LogP contribution >= 0.6 is 0 Å². The molecule has 22 heavy (non-hydrogen) atoms. The molecule has 114 valence electrons. The lowest BCUT2D eigenvalue weighted by molar-refractivity contribution is -0.137. The fourth-order valence-corrected chi connectivity index (χ4v) is 2.01. The van der Waals surface area contributed by atoms with E-state index in [0.717, 1.165) is 12.1 Å². The number of hydrogen-bond acceptors (Lipinski definition) is 5. The largest absolute Gasteiger partial charge is 0.416 e. The van der Waals surface area contributed by atoms with Crippen LogP contribution in [0.5, 0.6) is 0 Å². The van der Waals surface area contributed by atoms with Crippen LogP contribution in [0.2, 0.25) is 0 Å². The van der Waals surface area contributed by atoms with Crippen LogP contribution < -0.4 is 5.32 Å². The maximum atomic E-state index is 12.7. The van der Waals surface area contributed by atoms with Gasteiger partial charge in [-0.3, -0.25) is 0 Å². The number of nitrogens with one attached hydrogen (secondary N) is 1. The monoisotopic (exact) mass is 308 g/mol. The topological polar surface area (TPSA) is 68.5 Å². The van der Waals surface area contributed by atoms with E-state index in [1.54, 1.807) is 4.68 Å². The summed E-state index contributed by atoms with van der Waals surface area (Å²) in [6.07, 6.45) is -3.09. The van der Waals surface area contributed by atoms with E-state index in [1.807, 2.05) is 6.92 Å². The summed E-state index contributed by atoms with van der Waals surface area (Å²) in [5.74, 6) is 0.309. The molecule has 0 saturated heterocycles. The quantitative estimate of drug-likeness (QED) is 0.805. The molecule has 0 atom stereocenters. The van der Waals surface area contributed by atoms with Gasteiger partial charge in [0.25, 0.3) is 0 Å². The van der Waals surface area contributed by atoms with Crippen molar-refractivity contribution in [3.8, 4) is 0 Å². The molecule has 1 aromatic carbocycles. The Hall–Kier alpha value is -2.71. The summed E-state index contributed by atoms with van der Waals surface area (Å²) in [4.78, 5) is 8.10. The minimum atomic E-state index is -4.40. The summed E-state index contributed by atoms with van der Waals surface area (Å²) in [6.45, 7) is 2.46. The molecule has 0 fully saturated rings. The van der Waals surface area contributed by atoms with Crippen molar-refractivity contribution in [1.82, 2.24) is 25.0 Å². The van der Waals surface area contributed by atoms with Gasteiger partial charge in [-0.1, -0.05) is 11.3 Å². The second kappa shape index (κ2) is 5.24. The van der Waals surface area contributed by atoms with Crippen molar-refractivity contribution in [2.75, 3.05) is 5.32 Å².